The summed E-state index contributed by atoms with van der Waals surface area (Å²) in [7, 11) is 0. The zero-order chi connectivity index (χ0) is 14.1. The summed E-state index contributed by atoms with van der Waals surface area (Å²) in [5.74, 6) is 1.32. The normalized spacial score (nSPS) is 29.0. The minimum atomic E-state index is -0.403. The summed E-state index contributed by atoms with van der Waals surface area (Å²) in [6, 6.07) is 6.21. The highest BCUT2D eigenvalue weighted by Gasteiger charge is 2.39. The lowest BCUT2D eigenvalue weighted by molar-refractivity contribution is -0.384. The van der Waals surface area contributed by atoms with Gasteiger partial charge in [0.2, 0.25) is 0 Å². The predicted molar refractivity (Wildman–Crippen MR) is 76.5 cm³/mol. The Morgan fingerprint density at radius 2 is 2.20 bits per heavy atom. The van der Waals surface area contributed by atoms with E-state index in [4.69, 9.17) is 0 Å². The number of hydrogen-bond acceptors (Lipinski definition) is 4. The maximum atomic E-state index is 11.8. The Hall–Kier alpha value is -1.76. The van der Waals surface area contributed by atoms with Gasteiger partial charge in [0.05, 0.1) is 16.3 Å². The Kier molecular flexibility index (Phi) is 3.52. The van der Waals surface area contributed by atoms with Crippen LogP contribution in [0, 0.1) is 16.0 Å². The average molecular weight is 293 g/mol. The third-order valence-electron chi connectivity index (χ3n) is 3.80. The van der Waals surface area contributed by atoms with Crippen LogP contribution in [-0.2, 0) is 0 Å². The summed E-state index contributed by atoms with van der Waals surface area (Å²) >= 11 is 1.75. The largest absolute Gasteiger partial charge is 0.331 e. The number of benzene rings is 1. The fraction of sp³-hybridized carbons (Fsp3) is 0.462. The first-order chi connectivity index (χ1) is 9.65. The van der Waals surface area contributed by atoms with E-state index in [1.165, 1.54) is 6.07 Å². The number of nitro benzene ring substituents is 1. The number of thioether (sulfide) groups is 1. The van der Waals surface area contributed by atoms with Gasteiger partial charge < -0.3 is 10.6 Å². The van der Waals surface area contributed by atoms with Crippen molar-refractivity contribution < 1.29 is 9.72 Å². The van der Waals surface area contributed by atoms with Crippen molar-refractivity contribution >= 4 is 23.5 Å². The van der Waals surface area contributed by atoms with E-state index in [0.29, 0.717) is 0 Å². The summed E-state index contributed by atoms with van der Waals surface area (Å²) in [6.07, 6.45) is 2.12. The molecule has 2 aliphatic heterocycles. The highest BCUT2D eigenvalue weighted by Crippen LogP contribution is 2.40. The van der Waals surface area contributed by atoms with Crippen molar-refractivity contribution in [3.63, 3.8) is 0 Å². The zero-order valence-corrected chi connectivity index (χ0v) is 11.6. The van der Waals surface area contributed by atoms with Crippen molar-refractivity contribution in [1.29, 1.82) is 0 Å². The van der Waals surface area contributed by atoms with Gasteiger partial charge in [-0.3, -0.25) is 10.1 Å². The van der Waals surface area contributed by atoms with Crippen molar-refractivity contribution in [2.24, 2.45) is 5.92 Å². The Balaban J connectivity index is 1.92. The predicted octanol–water partition coefficient (Wildman–Crippen LogP) is 2.42. The number of carbonyl (C=O) groups is 1. The molecule has 2 saturated heterocycles. The van der Waals surface area contributed by atoms with Crippen LogP contribution in [0.4, 0.5) is 10.5 Å². The summed E-state index contributed by atoms with van der Waals surface area (Å²) in [6.45, 7) is 0. The van der Waals surface area contributed by atoms with Gasteiger partial charge in [-0.15, -0.1) is 11.8 Å². The molecule has 1 aromatic rings. The Bertz CT molecular complexity index is 551. The van der Waals surface area contributed by atoms with E-state index in [1.807, 2.05) is 6.07 Å². The van der Waals surface area contributed by atoms with Crippen LogP contribution in [0.1, 0.15) is 24.4 Å². The number of hydrogen-bond donors (Lipinski definition) is 2. The van der Waals surface area contributed by atoms with Gasteiger partial charge in [-0.1, -0.05) is 12.1 Å². The van der Waals surface area contributed by atoms with Crippen LogP contribution < -0.4 is 10.6 Å². The molecule has 1 aromatic carbocycles. The minimum absolute atomic E-state index is 0.0651. The maximum Gasteiger partial charge on any atom is 0.316 e. The molecular formula is C13H15N3O3S. The minimum Gasteiger partial charge on any atom is -0.331 e. The summed E-state index contributed by atoms with van der Waals surface area (Å²) in [5, 5.41) is 16.8. The maximum absolute atomic E-state index is 11.8. The SMILES string of the molecule is O=C1N[C@H]2SCCC[C@H]2[C@H](c2cccc([N+](=O)[O-])c2)N1. The van der Waals surface area contributed by atoms with Crippen LogP contribution >= 0.6 is 11.8 Å². The van der Waals surface area contributed by atoms with Crippen molar-refractivity contribution in [1.82, 2.24) is 10.6 Å². The van der Waals surface area contributed by atoms with Gasteiger partial charge in [-0.2, -0.15) is 0 Å². The molecule has 20 heavy (non-hydrogen) atoms. The van der Waals surface area contributed by atoms with E-state index in [-0.39, 0.29) is 29.1 Å². The molecule has 2 N–H and O–H groups in total. The standard InChI is InChI=1S/C13H15N3O3S/c17-13-14-11(10-5-2-6-20-12(10)15-13)8-3-1-4-9(7-8)16(18)19/h1,3-4,7,10-12H,2,5-6H2,(H2,14,15,17)/t10-,11-,12-/m0/s1. The first-order valence-electron chi connectivity index (χ1n) is 6.58. The van der Waals surface area contributed by atoms with E-state index in [0.717, 1.165) is 24.2 Å². The number of urea groups is 1. The quantitative estimate of drug-likeness (QED) is 0.648. The molecule has 2 amide bonds. The molecule has 6 nitrogen and oxygen atoms in total. The second-order valence-electron chi connectivity index (χ2n) is 5.05. The molecule has 0 bridgehead atoms. The Labute approximate surface area is 120 Å². The molecule has 0 spiro atoms. The smallest absolute Gasteiger partial charge is 0.316 e. The van der Waals surface area contributed by atoms with Gasteiger partial charge in [0.15, 0.2) is 0 Å². The zero-order valence-electron chi connectivity index (χ0n) is 10.7. The van der Waals surface area contributed by atoms with Crippen molar-refractivity contribution in [3.05, 3.63) is 39.9 Å². The molecule has 0 unspecified atom stereocenters. The highest BCUT2D eigenvalue weighted by molar-refractivity contribution is 7.99. The van der Waals surface area contributed by atoms with E-state index >= 15 is 0 Å². The number of carbonyl (C=O) groups excluding carboxylic acids is 1. The first-order valence-corrected chi connectivity index (χ1v) is 7.63. The number of nitrogens with zero attached hydrogens (tertiary/aromatic N) is 1. The third kappa shape index (κ3) is 2.45. The van der Waals surface area contributed by atoms with Crippen LogP contribution in [0.3, 0.4) is 0 Å². The molecular weight excluding hydrogens is 278 g/mol. The second-order valence-corrected chi connectivity index (χ2v) is 6.29. The van der Waals surface area contributed by atoms with E-state index in [2.05, 4.69) is 10.6 Å². The number of rotatable bonds is 2. The number of nitro groups is 1. The average Bonchev–Trinajstić information content (AvgIpc) is 2.46. The van der Waals surface area contributed by atoms with E-state index in [9.17, 15) is 14.9 Å². The molecule has 0 radical (unpaired) electrons. The lowest BCUT2D eigenvalue weighted by Crippen LogP contribution is -2.56. The van der Waals surface area contributed by atoms with E-state index in [1.54, 1.807) is 23.9 Å². The van der Waals surface area contributed by atoms with Crippen molar-refractivity contribution in [3.8, 4) is 0 Å². The Morgan fingerprint density at radius 1 is 1.35 bits per heavy atom. The van der Waals surface area contributed by atoms with Crippen molar-refractivity contribution in [2.75, 3.05) is 5.75 Å². The molecule has 3 rings (SSSR count). The number of amides is 2. The topological polar surface area (TPSA) is 84.3 Å². The van der Waals surface area contributed by atoms with Gasteiger partial charge in [0.25, 0.3) is 5.69 Å². The fourth-order valence-electron chi connectivity index (χ4n) is 2.88. The molecule has 0 aromatic heterocycles. The molecule has 2 heterocycles. The third-order valence-corrected chi connectivity index (χ3v) is 5.15. The molecule has 3 atom stereocenters. The molecule has 2 aliphatic rings. The van der Waals surface area contributed by atoms with Gasteiger partial charge in [0.1, 0.15) is 0 Å². The second kappa shape index (κ2) is 5.32. The number of nitrogens with one attached hydrogen (secondary N) is 2. The van der Waals surface area contributed by atoms with Crippen LogP contribution in [0.5, 0.6) is 0 Å². The lowest BCUT2D eigenvalue weighted by atomic mass is 9.87. The Morgan fingerprint density at radius 3 is 3.00 bits per heavy atom. The number of fused-ring (bicyclic) bond motifs is 1. The number of non-ortho nitro benzene ring substituents is 1. The molecule has 2 fully saturated rings. The molecule has 7 heteroatoms. The monoisotopic (exact) mass is 293 g/mol. The molecule has 0 saturated carbocycles. The fourth-order valence-corrected chi connectivity index (χ4v) is 4.19. The van der Waals surface area contributed by atoms with Crippen LogP contribution in [-0.4, -0.2) is 22.1 Å². The first kappa shape index (κ1) is 13.2. The van der Waals surface area contributed by atoms with Crippen LogP contribution in [0.25, 0.3) is 0 Å². The summed E-state index contributed by atoms with van der Waals surface area (Å²) in [5.41, 5.74) is 0.877. The van der Waals surface area contributed by atoms with Gasteiger partial charge >= 0.3 is 6.03 Å². The molecule has 106 valence electrons. The lowest BCUT2D eigenvalue weighted by Gasteiger charge is -2.41. The summed E-state index contributed by atoms with van der Waals surface area (Å²) in [4.78, 5) is 22.2. The van der Waals surface area contributed by atoms with Gasteiger partial charge in [0, 0.05) is 18.1 Å². The molecule has 0 aliphatic carbocycles. The van der Waals surface area contributed by atoms with Crippen LogP contribution in [0.15, 0.2) is 24.3 Å². The van der Waals surface area contributed by atoms with Gasteiger partial charge in [-0.05, 0) is 24.2 Å². The highest BCUT2D eigenvalue weighted by atomic mass is 32.2. The summed E-state index contributed by atoms with van der Waals surface area (Å²) < 4.78 is 0. The van der Waals surface area contributed by atoms with Gasteiger partial charge in [-0.25, -0.2) is 4.79 Å². The van der Waals surface area contributed by atoms with Crippen molar-refractivity contribution in [2.45, 2.75) is 24.3 Å². The van der Waals surface area contributed by atoms with Crippen LogP contribution in [0.2, 0.25) is 0 Å². The van der Waals surface area contributed by atoms with E-state index < -0.39 is 4.92 Å².